The fourth-order valence-corrected chi connectivity index (χ4v) is 8.70. The molecule has 0 radical (unpaired) electrons. The summed E-state index contributed by atoms with van der Waals surface area (Å²) in [7, 11) is 0. The van der Waals surface area contributed by atoms with E-state index in [0.29, 0.717) is 30.2 Å². The number of thioether (sulfide) groups is 1. The fourth-order valence-electron chi connectivity index (χ4n) is 6.58. The van der Waals surface area contributed by atoms with Crippen molar-refractivity contribution in [1.29, 1.82) is 0 Å². The first kappa shape index (κ1) is 26.2. The maximum atomic E-state index is 14.4. The van der Waals surface area contributed by atoms with E-state index in [2.05, 4.69) is 0 Å². The minimum atomic E-state index is -0.938. The van der Waals surface area contributed by atoms with Gasteiger partial charge in [0.05, 0.1) is 29.2 Å². The van der Waals surface area contributed by atoms with Gasteiger partial charge in [0, 0.05) is 34.7 Å². The van der Waals surface area contributed by atoms with Gasteiger partial charge in [0.1, 0.15) is 6.04 Å². The number of anilines is 2. The lowest BCUT2D eigenvalue weighted by Gasteiger charge is -2.38. The van der Waals surface area contributed by atoms with Crippen molar-refractivity contribution < 1.29 is 19.5 Å². The highest BCUT2D eigenvalue weighted by Crippen LogP contribution is 2.61. The van der Waals surface area contributed by atoms with Gasteiger partial charge in [-0.2, -0.15) is 0 Å². The van der Waals surface area contributed by atoms with Gasteiger partial charge in [0.15, 0.2) is 0 Å². The third kappa shape index (κ3) is 4.03. The molecule has 2 aromatic carbocycles. The van der Waals surface area contributed by atoms with Crippen molar-refractivity contribution in [2.45, 2.75) is 35.4 Å². The first-order chi connectivity index (χ1) is 18.9. The quantitative estimate of drug-likeness (QED) is 0.558. The molecule has 2 saturated heterocycles. The van der Waals surface area contributed by atoms with Gasteiger partial charge in [-0.1, -0.05) is 61.0 Å². The van der Waals surface area contributed by atoms with Crippen molar-refractivity contribution in [2.75, 3.05) is 29.5 Å². The number of aliphatic hydroxyl groups excluding tert-OH is 1. The van der Waals surface area contributed by atoms with E-state index in [9.17, 15) is 19.5 Å². The predicted molar refractivity (Wildman–Crippen MR) is 154 cm³/mol. The second kappa shape index (κ2) is 10.2. The summed E-state index contributed by atoms with van der Waals surface area (Å²) in [6.07, 6.45) is 8.44. The molecule has 6 atom stereocenters. The van der Waals surface area contributed by atoms with Gasteiger partial charge in [0.2, 0.25) is 11.8 Å². The highest BCUT2D eigenvalue weighted by atomic mass is 35.5. The molecule has 1 spiro atoms. The average molecular weight is 564 g/mol. The summed E-state index contributed by atoms with van der Waals surface area (Å²) in [6.45, 7) is 2.39. The summed E-state index contributed by atoms with van der Waals surface area (Å²) in [5, 5.41) is 10.6. The van der Waals surface area contributed by atoms with Crippen LogP contribution in [0.25, 0.3) is 0 Å². The lowest BCUT2D eigenvalue weighted by atomic mass is 9.78. The van der Waals surface area contributed by atoms with Gasteiger partial charge in [0.25, 0.3) is 5.91 Å². The average Bonchev–Trinajstić information content (AvgIpc) is 3.26. The molecule has 3 amide bonds. The molecule has 202 valence electrons. The molecule has 0 bridgehead atoms. The number of amides is 3. The minimum Gasteiger partial charge on any atom is -0.394 e. The standard InChI is InChI=1S/C30H30ClN3O4S/c1-2-20(18-35)34-26-29(38)33(22-13-11-19(31)12-14-22)17-7-15-30(26)25(28(34)37)24-23(39-30)10-6-16-32(27(24)36)21-8-4-3-5-9-21/h3-15,20,23-26,35H,2,16-18H2,1H3/t20-,23-,24+,25-,26?,30-/m0/s1. The van der Waals surface area contributed by atoms with E-state index in [1.54, 1.807) is 39.0 Å². The van der Waals surface area contributed by atoms with Gasteiger partial charge in [-0.25, -0.2) is 0 Å². The zero-order valence-electron chi connectivity index (χ0n) is 21.5. The molecule has 4 aliphatic heterocycles. The molecule has 1 N–H and O–H groups in total. The van der Waals surface area contributed by atoms with Crippen LogP contribution in [-0.4, -0.2) is 69.5 Å². The summed E-state index contributed by atoms with van der Waals surface area (Å²) < 4.78 is -0.938. The Morgan fingerprint density at radius 2 is 1.62 bits per heavy atom. The lowest BCUT2D eigenvalue weighted by molar-refractivity contribution is -0.141. The number of nitrogens with zero attached hydrogens (tertiary/aromatic N) is 3. The Kier molecular flexibility index (Phi) is 6.81. The molecule has 0 aromatic heterocycles. The van der Waals surface area contributed by atoms with E-state index in [-0.39, 0.29) is 29.6 Å². The van der Waals surface area contributed by atoms with Crippen LogP contribution in [0.4, 0.5) is 11.4 Å². The normalized spacial score (nSPS) is 30.6. The van der Waals surface area contributed by atoms with Crippen LogP contribution in [0.5, 0.6) is 0 Å². The smallest absolute Gasteiger partial charge is 0.251 e. The van der Waals surface area contributed by atoms with E-state index < -0.39 is 28.7 Å². The molecule has 1 unspecified atom stereocenters. The van der Waals surface area contributed by atoms with E-state index in [1.807, 2.05) is 61.6 Å². The number of hydrogen-bond donors (Lipinski definition) is 1. The zero-order valence-corrected chi connectivity index (χ0v) is 23.1. The van der Waals surface area contributed by atoms with E-state index in [1.165, 1.54) is 11.8 Å². The maximum absolute atomic E-state index is 14.4. The molecule has 0 aliphatic carbocycles. The number of rotatable bonds is 5. The van der Waals surface area contributed by atoms with Gasteiger partial charge in [-0.05, 0) is 42.8 Å². The number of aliphatic hydroxyl groups is 1. The van der Waals surface area contributed by atoms with Crippen molar-refractivity contribution in [3.63, 3.8) is 0 Å². The number of carbonyl (C=O) groups is 3. The van der Waals surface area contributed by atoms with Crippen molar-refractivity contribution in [3.05, 3.63) is 83.9 Å². The molecule has 2 aromatic rings. The highest BCUT2D eigenvalue weighted by molar-refractivity contribution is 8.02. The van der Waals surface area contributed by atoms with Crippen LogP contribution in [0.2, 0.25) is 5.02 Å². The van der Waals surface area contributed by atoms with Gasteiger partial charge >= 0.3 is 0 Å². The topological polar surface area (TPSA) is 81.2 Å². The third-order valence-electron chi connectivity index (χ3n) is 8.38. The van der Waals surface area contributed by atoms with Gasteiger partial charge in [-0.15, -0.1) is 11.8 Å². The van der Waals surface area contributed by atoms with Crippen molar-refractivity contribution >= 4 is 52.5 Å². The monoisotopic (exact) mass is 563 g/mol. The third-order valence-corrected chi connectivity index (χ3v) is 10.4. The first-order valence-electron chi connectivity index (χ1n) is 13.3. The van der Waals surface area contributed by atoms with Crippen LogP contribution in [0.3, 0.4) is 0 Å². The molecule has 4 aliphatic rings. The summed E-state index contributed by atoms with van der Waals surface area (Å²) in [5.74, 6) is -1.94. The molecule has 7 nitrogen and oxygen atoms in total. The molecule has 6 rings (SSSR count). The van der Waals surface area contributed by atoms with Crippen molar-refractivity contribution in [1.82, 2.24) is 4.90 Å². The van der Waals surface area contributed by atoms with Crippen LogP contribution in [0.15, 0.2) is 78.9 Å². The van der Waals surface area contributed by atoms with E-state index in [4.69, 9.17) is 11.6 Å². The molecule has 9 heteroatoms. The number of fused-ring (bicyclic) bond motifs is 2. The summed E-state index contributed by atoms with van der Waals surface area (Å²) >= 11 is 7.65. The Labute approximate surface area is 237 Å². The summed E-state index contributed by atoms with van der Waals surface area (Å²) in [6, 6.07) is 15.2. The van der Waals surface area contributed by atoms with E-state index >= 15 is 0 Å². The van der Waals surface area contributed by atoms with Crippen molar-refractivity contribution in [2.24, 2.45) is 11.8 Å². The molecular formula is C30H30ClN3O4S. The Bertz CT molecular complexity index is 1350. The van der Waals surface area contributed by atoms with Crippen molar-refractivity contribution in [3.8, 4) is 0 Å². The molecule has 39 heavy (non-hydrogen) atoms. The molecular weight excluding hydrogens is 534 g/mol. The van der Waals surface area contributed by atoms with E-state index in [0.717, 1.165) is 5.69 Å². The summed E-state index contributed by atoms with van der Waals surface area (Å²) in [5.41, 5.74) is 1.46. The number of hydrogen-bond acceptors (Lipinski definition) is 5. The minimum absolute atomic E-state index is 0.115. The van der Waals surface area contributed by atoms with Crippen LogP contribution >= 0.6 is 23.4 Å². The molecule has 0 saturated carbocycles. The largest absolute Gasteiger partial charge is 0.394 e. The Balaban J connectivity index is 1.46. The Hall–Kier alpha value is -3.07. The van der Waals surface area contributed by atoms with Crippen LogP contribution in [-0.2, 0) is 14.4 Å². The fraction of sp³-hybridized carbons (Fsp3) is 0.367. The Morgan fingerprint density at radius 1 is 0.949 bits per heavy atom. The number of para-hydroxylation sites is 1. The first-order valence-corrected chi connectivity index (χ1v) is 14.6. The van der Waals surface area contributed by atoms with Crippen LogP contribution < -0.4 is 9.80 Å². The van der Waals surface area contributed by atoms with Gasteiger partial charge in [-0.3, -0.25) is 14.4 Å². The predicted octanol–water partition coefficient (Wildman–Crippen LogP) is 3.91. The maximum Gasteiger partial charge on any atom is 0.251 e. The summed E-state index contributed by atoms with van der Waals surface area (Å²) in [4.78, 5) is 48.0. The highest BCUT2D eigenvalue weighted by Gasteiger charge is 2.71. The molecule has 4 heterocycles. The number of benzene rings is 2. The SMILES string of the molecule is CC[C@@H](CO)N1C(=O)[C@@H]2[C@@H]3C(=O)N(c4ccccc4)CC=C[C@@H]3S[C@@]23C=CCN(c2ccc(Cl)cc2)C(=O)C13. The number of halogens is 1. The van der Waals surface area contributed by atoms with Crippen LogP contribution in [0.1, 0.15) is 13.3 Å². The van der Waals surface area contributed by atoms with Crippen LogP contribution in [0, 0.1) is 11.8 Å². The molecule has 2 fully saturated rings. The second-order valence-electron chi connectivity index (χ2n) is 10.4. The lowest BCUT2D eigenvalue weighted by Crippen LogP contribution is -2.56. The zero-order chi connectivity index (χ0) is 27.3. The number of carbonyl (C=O) groups excluding carboxylic acids is 3. The van der Waals surface area contributed by atoms with Gasteiger partial charge < -0.3 is 19.8 Å². The Morgan fingerprint density at radius 3 is 2.31 bits per heavy atom. The second-order valence-corrected chi connectivity index (χ2v) is 12.3. The number of likely N-dealkylation sites (tertiary alicyclic amines) is 1.